The molecular weight excluding hydrogens is 324 g/mol. The maximum Gasteiger partial charge on any atom is 0.244 e. The SMILES string of the molecule is CS(=O)(=O)N1C(=O)CCC1C(=O)NCc1ccc2c(c1)OCO2. The van der Waals surface area contributed by atoms with Crippen LogP contribution in [0.3, 0.4) is 0 Å². The molecule has 1 aromatic carbocycles. The fraction of sp³-hybridized carbons (Fsp3) is 0.429. The summed E-state index contributed by atoms with van der Waals surface area (Å²) in [6.07, 6.45) is 1.17. The van der Waals surface area contributed by atoms with E-state index in [1.165, 1.54) is 0 Å². The molecule has 0 aromatic heterocycles. The summed E-state index contributed by atoms with van der Waals surface area (Å²) >= 11 is 0. The number of carbonyl (C=O) groups excluding carboxylic acids is 2. The molecule has 0 spiro atoms. The van der Waals surface area contributed by atoms with Crippen molar-refractivity contribution in [3.05, 3.63) is 23.8 Å². The molecule has 9 heteroatoms. The smallest absolute Gasteiger partial charge is 0.244 e. The number of rotatable bonds is 4. The van der Waals surface area contributed by atoms with Crippen molar-refractivity contribution in [2.24, 2.45) is 0 Å². The highest BCUT2D eigenvalue weighted by atomic mass is 32.2. The summed E-state index contributed by atoms with van der Waals surface area (Å²) in [7, 11) is -3.75. The minimum atomic E-state index is -3.75. The Hall–Kier alpha value is -2.29. The first-order chi connectivity index (χ1) is 10.9. The number of hydrogen-bond donors (Lipinski definition) is 1. The Morgan fingerprint density at radius 3 is 2.83 bits per heavy atom. The minimum Gasteiger partial charge on any atom is -0.454 e. The number of nitrogens with zero attached hydrogens (tertiary/aromatic N) is 1. The van der Waals surface area contributed by atoms with Crippen molar-refractivity contribution in [1.29, 1.82) is 0 Å². The number of carbonyl (C=O) groups is 2. The van der Waals surface area contributed by atoms with Crippen molar-refractivity contribution in [2.45, 2.75) is 25.4 Å². The second-order valence-electron chi connectivity index (χ2n) is 5.41. The van der Waals surface area contributed by atoms with Crippen LogP contribution in [0.5, 0.6) is 11.5 Å². The number of hydrogen-bond acceptors (Lipinski definition) is 6. The molecule has 3 rings (SSSR count). The summed E-state index contributed by atoms with van der Waals surface area (Å²) in [4.78, 5) is 23.9. The highest BCUT2D eigenvalue weighted by molar-refractivity contribution is 7.89. The molecule has 1 fully saturated rings. The van der Waals surface area contributed by atoms with Gasteiger partial charge in [0.2, 0.25) is 28.6 Å². The molecule has 124 valence electrons. The van der Waals surface area contributed by atoms with Gasteiger partial charge in [0.25, 0.3) is 0 Å². The predicted octanol–water partition coefficient (Wildman–Crippen LogP) is -0.0179. The van der Waals surface area contributed by atoms with Gasteiger partial charge in [-0.3, -0.25) is 9.59 Å². The van der Waals surface area contributed by atoms with Gasteiger partial charge in [-0.05, 0) is 24.1 Å². The van der Waals surface area contributed by atoms with Gasteiger partial charge in [0.1, 0.15) is 6.04 Å². The third-order valence-electron chi connectivity index (χ3n) is 3.72. The van der Waals surface area contributed by atoms with Gasteiger partial charge in [0.05, 0.1) is 6.26 Å². The first-order valence-corrected chi connectivity index (χ1v) is 8.89. The maximum absolute atomic E-state index is 12.2. The van der Waals surface area contributed by atoms with Crippen LogP contribution in [0.25, 0.3) is 0 Å². The standard InChI is InChI=1S/C14H16N2O6S/c1-23(19,20)16-10(3-5-13(16)17)14(18)15-7-9-2-4-11-12(6-9)22-8-21-11/h2,4,6,10H,3,5,7-8H2,1H3,(H,15,18). The quantitative estimate of drug-likeness (QED) is 0.827. The molecule has 2 aliphatic heterocycles. The molecule has 0 bridgehead atoms. The zero-order chi connectivity index (χ0) is 16.6. The van der Waals surface area contributed by atoms with Gasteiger partial charge < -0.3 is 14.8 Å². The van der Waals surface area contributed by atoms with Gasteiger partial charge in [-0.1, -0.05) is 6.07 Å². The van der Waals surface area contributed by atoms with Crippen LogP contribution in [0, 0.1) is 0 Å². The van der Waals surface area contributed by atoms with E-state index in [9.17, 15) is 18.0 Å². The number of benzene rings is 1. The van der Waals surface area contributed by atoms with E-state index in [-0.39, 0.29) is 26.2 Å². The lowest BCUT2D eigenvalue weighted by molar-refractivity contribution is -0.130. The van der Waals surface area contributed by atoms with Crippen LogP contribution in [0.15, 0.2) is 18.2 Å². The lowest BCUT2D eigenvalue weighted by atomic mass is 10.2. The average molecular weight is 340 g/mol. The Bertz CT molecular complexity index is 761. The zero-order valence-electron chi connectivity index (χ0n) is 12.4. The van der Waals surface area contributed by atoms with Gasteiger partial charge in [0, 0.05) is 13.0 Å². The summed E-state index contributed by atoms with van der Waals surface area (Å²) in [6, 6.07) is 4.29. The van der Waals surface area contributed by atoms with E-state index in [1.807, 2.05) is 0 Å². The van der Waals surface area contributed by atoms with Crippen LogP contribution in [0.4, 0.5) is 0 Å². The summed E-state index contributed by atoms with van der Waals surface area (Å²) in [5.74, 6) is 0.213. The van der Waals surface area contributed by atoms with Crippen LogP contribution >= 0.6 is 0 Å². The van der Waals surface area contributed by atoms with E-state index in [0.717, 1.165) is 11.8 Å². The van der Waals surface area contributed by atoms with Crippen molar-refractivity contribution in [3.8, 4) is 11.5 Å². The lowest BCUT2D eigenvalue weighted by Crippen LogP contribution is -2.46. The molecule has 0 radical (unpaired) electrons. The largest absolute Gasteiger partial charge is 0.454 e. The monoisotopic (exact) mass is 340 g/mol. The minimum absolute atomic E-state index is 0.0508. The topological polar surface area (TPSA) is 102 Å². The number of nitrogens with one attached hydrogen (secondary N) is 1. The van der Waals surface area contributed by atoms with E-state index in [0.29, 0.717) is 15.8 Å². The first kappa shape index (κ1) is 15.6. The summed E-state index contributed by atoms with van der Waals surface area (Å²) in [6.45, 7) is 0.371. The molecule has 1 aromatic rings. The van der Waals surface area contributed by atoms with E-state index < -0.39 is 27.9 Å². The predicted molar refractivity (Wildman–Crippen MR) is 79.1 cm³/mol. The fourth-order valence-electron chi connectivity index (χ4n) is 2.67. The van der Waals surface area contributed by atoms with Crippen LogP contribution in [0.1, 0.15) is 18.4 Å². The molecule has 23 heavy (non-hydrogen) atoms. The van der Waals surface area contributed by atoms with Crippen molar-refractivity contribution >= 4 is 21.8 Å². The van der Waals surface area contributed by atoms with Crippen molar-refractivity contribution in [2.75, 3.05) is 13.0 Å². The molecular formula is C14H16N2O6S. The Kier molecular flexibility index (Phi) is 3.88. The van der Waals surface area contributed by atoms with E-state index in [1.54, 1.807) is 18.2 Å². The van der Waals surface area contributed by atoms with E-state index in [4.69, 9.17) is 9.47 Å². The molecule has 0 saturated carbocycles. The van der Waals surface area contributed by atoms with Crippen LogP contribution < -0.4 is 14.8 Å². The Labute approximate surface area is 133 Å². The summed E-state index contributed by atoms with van der Waals surface area (Å²) in [5, 5.41) is 2.66. The summed E-state index contributed by atoms with van der Waals surface area (Å²) in [5.41, 5.74) is 0.790. The average Bonchev–Trinajstić information content (AvgIpc) is 3.09. The zero-order valence-corrected chi connectivity index (χ0v) is 13.3. The highest BCUT2D eigenvalue weighted by Gasteiger charge is 2.41. The van der Waals surface area contributed by atoms with Gasteiger partial charge in [0.15, 0.2) is 11.5 Å². The van der Waals surface area contributed by atoms with Crippen molar-refractivity contribution in [1.82, 2.24) is 9.62 Å². The molecule has 1 N–H and O–H groups in total. The lowest BCUT2D eigenvalue weighted by Gasteiger charge is -2.21. The Morgan fingerprint density at radius 1 is 1.35 bits per heavy atom. The molecule has 1 unspecified atom stereocenters. The van der Waals surface area contributed by atoms with Gasteiger partial charge in [-0.25, -0.2) is 12.7 Å². The third kappa shape index (κ3) is 3.09. The van der Waals surface area contributed by atoms with Crippen LogP contribution in [-0.2, 0) is 26.2 Å². The Morgan fingerprint density at radius 2 is 2.09 bits per heavy atom. The van der Waals surface area contributed by atoms with Crippen LogP contribution in [-0.4, -0.2) is 43.6 Å². The van der Waals surface area contributed by atoms with Crippen molar-refractivity contribution in [3.63, 3.8) is 0 Å². The second-order valence-corrected chi connectivity index (χ2v) is 7.27. The maximum atomic E-state index is 12.2. The number of sulfonamides is 1. The van der Waals surface area contributed by atoms with Crippen LogP contribution in [0.2, 0.25) is 0 Å². The molecule has 1 atom stereocenters. The number of ether oxygens (including phenoxy) is 2. The molecule has 0 aliphatic carbocycles. The fourth-order valence-corrected chi connectivity index (χ4v) is 3.80. The van der Waals surface area contributed by atoms with Gasteiger partial charge >= 0.3 is 0 Å². The normalized spacial score (nSPS) is 20.0. The highest BCUT2D eigenvalue weighted by Crippen LogP contribution is 2.32. The molecule has 1 saturated heterocycles. The van der Waals surface area contributed by atoms with E-state index in [2.05, 4.69) is 5.32 Å². The van der Waals surface area contributed by atoms with E-state index >= 15 is 0 Å². The summed E-state index contributed by atoms with van der Waals surface area (Å²) < 4.78 is 34.4. The van der Waals surface area contributed by atoms with Gasteiger partial charge in [-0.2, -0.15) is 0 Å². The number of amides is 2. The molecule has 2 amide bonds. The third-order valence-corrected chi connectivity index (χ3v) is 4.90. The second kappa shape index (κ2) is 5.73. The molecule has 2 aliphatic rings. The molecule has 2 heterocycles. The first-order valence-electron chi connectivity index (χ1n) is 7.05. The van der Waals surface area contributed by atoms with Crippen molar-refractivity contribution < 1.29 is 27.5 Å². The number of fused-ring (bicyclic) bond motifs is 1. The molecule has 8 nitrogen and oxygen atoms in total. The van der Waals surface area contributed by atoms with Gasteiger partial charge in [-0.15, -0.1) is 0 Å². The Balaban J connectivity index is 1.66.